The van der Waals surface area contributed by atoms with Crippen molar-refractivity contribution in [2.75, 3.05) is 10.6 Å². The van der Waals surface area contributed by atoms with E-state index in [9.17, 15) is 9.18 Å². The monoisotopic (exact) mass is 472 g/mol. The first-order valence-corrected chi connectivity index (χ1v) is 11.7. The second-order valence-electron chi connectivity index (χ2n) is 7.72. The molecule has 0 fully saturated rings. The van der Waals surface area contributed by atoms with E-state index >= 15 is 0 Å². The van der Waals surface area contributed by atoms with Gasteiger partial charge in [-0.05, 0) is 30.7 Å². The van der Waals surface area contributed by atoms with Gasteiger partial charge in [0.05, 0.1) is 17.5 Å². The number of thioether (sulfide) groups is 1. The maximum absolute atomic E-state index is 15.0. The molecule has 7 nitrogen and oxygen atoms in total. The van der Waals surface area contributed by atoms with Crippen molar-refractivity contribution in [1.82, 2.24) is 19.7 Å². The Morgan fingerprint density at radius 3 is 2.68 bits per heavy atom. The zero-order chi connectivity index (χ0) is 23.5. The Labute approximate surface area is 200 Å². The van der Waals surface area contributed by atoms with Crippen molar-refractivity contribution in [3.05, 3.63) is 107 Å². The SMILES string of the molecule is CC1=C(C(=O)Nc2cccnc2)[C@H](c2ccccc2F)n2nc(SCc3ccccc3)nc2N1. The number of anilines is 2. The molecule has 170 valence electrons. The van der Waals surface area contributed by atoms with Crippen LogP contribution in [0.2, 0.25) is 0 Å². The molecule has 0 saturated heterocycles. The van der Waals surface area contributed by atoms with Crippen LogP contribution in [-0.4, -0.2) is 25.7 Å². The van der Waals surface area contributed by atoms with E-state index < -0.39 is 11.9 Å². The summed E-state index contributed by atoms with van der Waals surface area (Å²) in [5, 5.41) is 11.2. The summed E-state index contributed by atoms with van der Waals surface area (Å²) in [7, 11) is 0. The Morgan fingerprint density at radius 2 is 1.91 bits per heavy atom. The van der Waals surface area contributed by atoms with E-state index in [2.05, 4.69) is 25.7 Å². The summed E-state index contributed by atoms with van der Waals surface area (Å²) in [5.41, 5.74) is 2.96. The summed E-state index contributed by atoms with van der Waals surface area (Å²) in [6.07, 6.45) is 3.18. The summed E-state index contributed by atoms with van der Waals surface area (Å²) < 4.78 is 16.6. The second kappa shape index (κ2) is 9.48. The number of halogens is 1. The van der Waals surface area contributed by atoms with Crippen LogP contribution >= 0.6 is 11.8 Å². The van der Waals surface area contributed by atoms with Gasteiger partial charge in [0.2, 0.25) is 11.1 Å². The Bertz CT molecular complexity index is 1360. The summed E-state index contributed by atoms with van der Waals surface area (Å²) in [5.74, 6) is 0.356. The third-order valence-electron chi connectivity index (χ3n) is 5.41. The third-order valence-corrected chi connectivity index (χ3v) is 6.32. The van der Waals surface area contributed by atoms with Gasteiger partial charge in [-0.2, -0.15) is 4.98 Å². The molecule has 0 bridgehead atoms. The van der Waals surface area contributed by atoms with Crippen molar-refractivity contribution in [3.63, 3.8) is 0 Å². The van der Waals surface area contributed by atoms with Crippen LogP contribution in [0.5, 0.6) is 0 Å². The van der Waals surface area contributed by atoms with E-state index in [1.54, 1.807) is 54.3 Å². The Morgan fingerprint density at radius 1 is 1.12 bits per heavy atom. The van der Waals surface area contributed by atoms with Crippen LogP contribution in [0.15, 0.2) is 95.6 Å². The van der Waals surface area contributed by atoms with Crippen molar-refractivity contribution in [2.24, 2.45) is 0 Å². The molecule has 0 radical (unpaired) electrons. The standard InChI is InChI=1S/C25H21FN6OS/c1-16-21(23(33)29-18-10-7-13-27-14-18)22(19-11-5-6-12-20(19)26)32-24(28-16)30-25(31-32)34-15-17-8-3-2-4-9-17/h2-14,22H,15H2,1H3,(H,29,33)(H,28,30,31)/t22-/m0/s1. The van der Waals surface area contributed by atoms with Gasteiger partial charge in [-0.1, -0.05) is 60.3 Å². The molecule has 0 spiro atoms. The topological polar surface area (TPSA) is 84.7 Å². The first-order valence-electron chi connectivity index (χ1n) is 10.7. The molecule has 5 rings (SSSR count). The summed E-state index contributed by atoms with van der Waals surface area (Å²) in [6.45, 7) is 1.78. The van der Waals surface area contributed by atoms with Crippen LogP contribution in [0.4, 0.5) is 16.0 Å². The number of benzene rings is 2. The molecule has 9 heteroatoms. The quantitative estimate of drug-likeness (QED) is 0.383. The fourth-order valence-electron chi connectivity index (χ4n) is 3.83. The number of rotatable bonds is 6. The lowest BCUT2D eigenvalue weighted by molar-refractivity contribution is -0.113. The van der Waals surface area contributed by atoms with Crippen molar-refractivity contribution >= 4 is 29.3 Å². The van der Waals surface area contributed by atoms with Crippen molar-refractivity contribution in [3.8, 4) is 0 Å². The van der Waals surface area contributed by atoms with Gasteiger partial charge in [0.1, 0.15) is 11.9 Å². The Hall–Kier alpha value is -3.98. The highest BCUT2D eigenvalue weighted by Crippen LogP contribution is 2.37. The van der Waals surface area contributed by atoms with E-state index in [-0.39, 0.29) is 5.91 Å². The summed E-state index contributed by atoms with van der Waals surface area (Å²) in [4.78, 5) is 22.0. The Balaban J connectivity index is 1.51. The molecule has 0 aliphatic carbocycles. The van der Waals surface area contributed by atoms with Crippen LogP contribution in [-0.2, 0) is 10.5 Å². The van der Waals surface area contributed by atoms with Crippen molar-refractivity contribution in [1.29, 1.82) is 0 Å². The van der Waals surface area contributed by atoms with E-state index in [4.69, 9.17) is 0 Å². The van der Waals surface area contributed by atoms with Crippen molar-refractivity contribution < 1.29 is 9.18 Å². The fraction of sp³-hybridized carbons (Fsp3) is 0.120. The predicted molar refractivity (Wildman–Crippen MR) is 130 cm³/mol. The summed E-state index contributed by atoms with van der Waals surface area (Å²) in [6, 6.07) is 19.1. The van der Waals surface area contributed by atoms with Crippen LogP contribution in [0.3, 0.4) is 0 Å². The maximum atomic E-state index is 15.0. The van der Waals surface area contributed by atoms with Gasteiger partial charge in [0.15, 0.2) is 0 Å². The van der Waals surface area contributed by atoms with E-state index in [1.807, 2.05) is 30.3 Å². The van der Waals surface area contributed by atoms with E-state index in [0.717, 1.165) is 5.56 Å². The number of aromatic nitrogens is 4. The average Bonchev–Trinajstić information content (AvgIpc) is 3.26. The Kier molecular flexibility index (Phi) is 6.09. The molecule has 4 aromatic rings. The van der Waals surface area contributed by atoms with Gasteiger partial charge < -0.3 is 10.6 Å². The number of pyridine rings is 1. The molecule has 0 unspecified atom stereocenters. The lowest BCUT2D eigenvalue weighted by Crippen LogP contribution is -2.32. The van der Waals surface area contributed by atoms with Gasteiger partial charge in [0, 0.05) is 23.2 Å². The zero-order valence-electron chi connectivity index (χ0n) is 18.3. The first-order chi connectivity index (χ1) is 16.6. The number of carbonyl (C=O) groups excluding carboxylic acids is 1. The molecule has 2 aromatic heterocycles. The predicted octanol–water partition coefficient (Wildman–Crippen LogP) is 5.03. The summed E-state index contributed by atoms with van der Waals surface area (Å²) >= 11 is 1.48. The zero-order valence-corrected chi connectivity index (χ0v) is 19.1. The highest BCUT2D eigenvalue weighted by Gasteiger charge is 2.35. The highest BCUT2D eigenvalue weighted by molar-refractivity contribution is 7.98. The molecular weight excluding hydrogens is 451 g/mol. The minimum atomic E-state index is -0.785. The number of hydrogen-bond acceptors (Lipinski definition) is 6. The van der Waals surface area contributed by atoms with Gasteiger partial charge in [-0.3, -0.25) is 9.78 Å². The van der Waals surface area contributed by atoms with Gasteiger partial charge >= 0.3 is 0 Å². The normalized spacial score (nSPS) is 14.9. The molecule has 2 aromatic carbocycles. The lowest BCUT2D eigenvalue weighted by atomic mass is 9.94. The largest absolute Gasteiger partial charge is 0.328 e. The van der Waals surface area contributed by atoms with Crippen LogP contribution in [0, 0.1) is 5.82 Å². The van der Waals surface area contributed by atoms with E-state index in [1.165, 1.54) is 17.8 Å². The molecule has 3 heterocycles. The number of hydrogen-bond donors (Lipinski definition) is 2. The smallest absolute Gasteiger partial charge is 0.255 e. The second-order valence-corrected chi connectivity index (χ2v) is 8.66. The van der Waals surface area contributed by atoms with Crippen LogP contribution in [0.1, 0.15) is 24.1 Å². The van der Waals surface area contributed by atoms with Gasteiger partial charge in [-0.15, -0.1) is 5.10 Å². The molecule has 34 heavy (non-hydrogen) atoms. The molecule has 1 aliphatic rings. The molecule has 2 N–H and O–H groups in total. The third kappa shape index (κ3) is 4.42. The number of amides is 1. The maximum Gasteiger partial charge on any atom is 0.255 e. The van der Waals surface area contributed by atoms with Gasteiger partial charge in [0.25, 0.3) is 5.91 Å². The molecule has 1 amide bonds. The first kappa shape index (κ1) is 21.8. The average molecular weight is 473 g/mol. The fourth-order valence-corrected chi connectivity index (χ4v) is 4.61. The van der Waals surface area contributed by atoms with Crippen LogP contribution in [0.25, 0.3) is 0 Å². The number of nitrogens with one attached hydrogen (secondary N) is 2. The molecule has 1 atom stereocenters. The minimum Gasteiger partial charge on any atom is -0.328 e. The molecule has 0 saturated carbocycles. The minimum absolute atomic E-state index is 0.338. The van der Waals surface area contributed by atoms with Gasteiger partial charge in [-0.25, -0.2) is 9.07 Å². The lowest BCUT2D eigenvalue weighted by Gasteiger charge is -2.28. The number of nitrogens with zero attached hydrogens (tertiary/aromatic N) is 4. The molecule has 1 aliphatic heterocycles. The highest BCUT2D eigenvalue weighted by atomic mass is 32.2. The number of carbonyl (C=O) groups is 1. The van der Waals surface area contributed by atoms with Crippen molar-refractivity contribution in [2.45, 2.75) is 23.9 Å². The number of fused-ring (bicyclic) bond motifs is 1. The van der Waals surface area contributed by atoms with E-state index in [0.29, 0.717) is 39.4 Å². The number of allylic oxidation sites excluding steroid dienone is 1. The van der Waals surface area contributed by atoms with Crippen LogP contribution < -0.4 is 10.6 Å². The molecular formula is C25H21FN6OS.